The summed E-state index contributed by atoms with van der Waals surface area (Å²) in [7, 11) is 0. The van der Waals surface area contributed by atoms with Crippen LogP contribution in [0.4, 0.5) is 0 Å². The van der Waals surface area contributed by atoms with E-state index in [-0.39, 0.29) is 12.4 Å². The van der Waals surface area contributed by atoms with E-state index in [0.717, 1.165) is 26.1 Å². The number of halogens is 1. The molecular weight excluding hydrogens is 172 g/mol. The highest BCUT2D eigenvalue weighted by Gasteiger charge is 2.05. The lowest BCUT2D eigenvalue weighted by molar-refractivity contribution is -0.523. The lowest BCUT2D eigenvalue weighted by Crippen LogP contribution is -3.00. The molecule has 0 radical (unpaired) electrons. The SMILES string of the molecule is CCNC(CC)=[N+](CC)CC.[Cl-]. The van der Waals surface area contributed by atoms with Crippen LogP contribution in [-0.4, -0.2) is 30.0 Å². The van der Waals surface area contributed by atoms with Gasteiger partial charge in [-0.25, -0.2) is 0 Å². The molecule has 0 aromatic carbocycles. The van der Waals surface area contributed by atoms with Crippen molar-refractivity contribution in [3.8, 4) is 0 Å². The van der Waals surface area contributed by atoms with E-state index in [2.05, 4.69) is 37.6 Å². The summed E-state index contributed by atoms with van der Waals surface area (Å²) in [6, 6.07) is 0. The highest BCUT2D eigenvalue weighted by atomic mass is 35.5. The van der Waals surface area contributed by atoms with Gasteiger partial charge in [0.2, 0.25) is 5.84 Å². The van der Waals surface area contributed by atoms with Crippen molar-refractivity contribution < 1.29 is 17.0 Å². The molecule has 0 saturated heterocycles. The van der Waals surface area contributed by atoms with Gasteiger partial charge < -0.3 is 12.4 Å². The average Bonchev–Trinajstić information content (AvgIpc) is 2.05. The lowest BCUT2D eigenvalue weighted by Gasteiger charge is -2.06. The van der Waals surface area contributed by atoms with Crippen molar-refractivity contribution in [2.75, 3.05) is 19.6 Å². The Morgan fingerprint density at radius 1 is 1.08 bits per heavy atom. The molecule has 0 aromatic rings. The van der Waals surface area contributed by atoms with Crippen molar-refractivity contribution in [1.29, 1.82) is 0 Å². The number of hydrogen-bond donors (Lipinski definition) is 1. The maximum Gasteiger partial charge on any atom is 0.244 e. The third kappa shape index (κ3) is 4.60. The largest absolute Gasteiger partial charge is 1.00 e. The molecule has 0 aliphatic rings. The molecule has 74 valence electrons. The average molecular weight is 193 g/mol. The van der Waals surface area contributed by atoms with E-state index in [0.29, 0.717) is 0 Å². The van der Waals surface area contributed by atoms with Crippen LogP contribution in [0.5, 0.6) is 0 Å². The van der Waals surface area contributed by atoms with Gasteiger partial charge in [-0.1, -0.05) is 6.92 Å². The van der Waals surface area contributed by atoms with Gasteiger partial charge in [0, 0.05) is 6.42 Å². The van der Waals surface area contributed by atoms with Crippen LogP contribution >= 0.6 is 0 Å². The maximum absolute atomic E-state index is 3.38. The van der Waals surface area contributed by atoms with E-state index < -0.39 is 0 Å². The Bertz CT molecular complexity index is 126. The standard InChI is InChI=1S/C9H20N2.ClH/c1-5-9(10-6-2)11(7-3)8-4;/h5-8H2,1-4H3;1H. The van der Waals surface area contributed by atoms with Crippen molar-refractivity contribution in [3.63, 3.8) is 0 Å². The molecule has 0 atom stereocenters. The van der Waals surface area contributed by atoms with Crippen LogP contribution in [0, 0.1) is 0 Å². The van der Waals surface area contributed by atoms with E-state index in [9.17, 15) is 0 Å². The van der Waals surface area contributed by atoms with Crippen LogP contribution in [0.1, 0.15) is 34.1 Å². The summed E-state index contributed by atoms with van der Waals surface area (Å²) in [5.41, 5.74) is 0. The molecule has 0 aliphatic heterocycles. The first kappa shape index (κ1) is 14.3. The smallest absolute Gasteiger partial charge is 0.244 e. The first-order valence-corrected chi connectivity index (χ1v) is 4.64. The fourth-order valence-electron chi connectivity index (χ4n) is 1.27. The van der Waals surface area contributed by atoms with Crippen molar-refractivity contribution in [2.24, 2.45) is 0 Å². The predicted molar refractivity (Wildman–Crippen MR) is 50.3 cm³/mol. The topological polar surface area (TPSA) is 15.0 Å². The van der Waals surface area contributed by atoms with Gasteiger partial charge in [-0.2, -0.15) is 0 Å². The molecule has 0 heterocycles. The van der Waals surface area contributed by atoms with E-state index >= 15 is 0 Å². The van der Waals surface area contributed by atoms with E-state index in [4.69, 9.17) is 0 Å². The monoisotopic (exact) mass is 192 g/mol. The van der Waals surface area contributed by atoms with Gasteiger partial charge in [-0.05, 0) is 20.8 Å². The molecule has 2 nitrogen and oxygen atoms in total. The van der Waals surface area contributed by atoms with Crippen LogP contribution in [0.2, 0.25) is 0 Å². The molecule has 12 heavy (non-hydrogen) atoms. The van der Waals surface area contributed by atoms with Crippen LogP contribution in [0.15, 0.2) is 0 Å². The Morgan fingerprint density at radius 2 is 1.58 bits per heavy atom. The fourth-order valence-corrected chi connectivity index (χ4v) is 1.27. The van der Waals surface area contributed by atoms with Crippen molar-refractivity contribution in [3.05, 3.63) is 0 Å². The number of nitrogens with zero attached hydrogens (tertiary/aromatic N) is 1. The molecule has 0 fully saturated rings. The Morgan fingerprint density at radius 3 is 1.83 bits per heavy atom. The third-order valence-corrected chi connectivity index (χ3v) is 1.86. The molecule has 0 amide bonds. The minimum Gasteiger partial charge on any atom is -1.00 e. The Kier molecular flexibility index (Phi) is 10.5. The highest BCUT2D eigenvalue weighted by Crippen LogP contribution is 1.83. The number of amidine groups is 1. The molecule has 0 unspecified atom stereocenters. The Hall–Kier alpha value is -0.240. The molecule has 0 spiro atoms. The summed E-state index contributed by atoms with van der Waals surface area (Å²) in [6.07, 6.45) is 1.11. The van der Waals surface area contributed by atoms with Crippen molar-refractivity contribution in [2.45, 2.75) is 34.1 Å². The van der Waals surface area contributed by atoms with Gasteiger partial charge in [0.25, 0.3) is 0 Å². The predicted octanol–water partition coefficient (Wildman–Crippen LogP) is -1.54. The van der Waals surface area contributed by atoms with Gasteiger partial charge in [0.15, 0.2) is 0 Å². The summed E-state index contributed by atoms with van der Waals surface area (Å²) in [4.78, 5) is 0. The van der Waals surface area contributed by atoms with Gasteiger partial charge in [-0.3, -0.25) is 9.89 Å². The second-order valence-electron chi connectivity index (χ2n) is 2.50. The molecule has 0 aliphatic carbocycles. The van der Waals surface area contributed by atoms with E-state index in [1.807, 2.05) is 0 Å². The fraction of sp³-hybridized carbons (Fsp3) is 0.889. The van der Waals surface area contributed by atoms with Crippen LogP contribution in [-0.2, 0) is 0 Å². The minimum absolute atomic E-state index is 0. The molecule has 0 saturated carbocycles. The van der Waals surface area contributed by atoms with Crippen molar-refractivity contribution in [1.82, 2.24) is 5.32 Å². The van der Waals surface area contributed by atoms with Gasteiger partial charge in [0.05, 0.1) is 19.6 Å². The molecule has 0 bridgehead atoms. The summed E-state index contributed by atoms with van der Waals surface area (Å²) >= 11 is 0. The summed E-state index contributed by atoms with van der Waals surface area (Å²) in [5.74, 6) is 1.37. The number of nitrogens with one attached hydrogen (secondary N) is 1. The van der Waals surface area contributed by atoms with Crippen molar-refractivity contribution >= 4 is 5.84 Å². The van der Waals surface area contributed by atoms with Crippen LogP contribution in [0.25, 0.3) is 0 Å². The second kappa shape index (κ2) is 8.85. The zero-order valence-electron chi connectivity index (χ0n) is 8.65. The lowest BCUT2D eigenvalue weighted by atomic mass is 10.4. The zero-order chi connectivity index (χ0) is 8.69. The van der Waals surface area contributed by atoms with Gasteiger partial charge in [-0.15, -0.1) is 0 Å². The normalized spacial score (nSPS) is 8.67. The third-order valence-electron chi connectivity index (χ3n) is 1.86. The molecule has 1 N–H and O–H groups in total. The molecule has 3 heteroatoms. The number of hydrogen-bond acceptors (Lipinski definition) is 0. The summed E-state index contributed by atoms with van der Waals surface area (Å²) in [6.45, 7) is 11.9. The van der Waals surface area contributed by atoms with Crippen LogP contribution < -0.4 is 17.7 Å². The Labute approximate surface area is 82.5 Å². The van der Waals surface area contributed by atoms with Crippen LogP contribution in [0.3, 0.4) is 0 Å². The first-order valence-electron chi connectivity index (χ1n) is 4.64. The molecular formula is C9H21ClN2. The van der Waals surface area contributed by atoms with E-state index in [1.54, 1.807) is 0 Å². The zero-order valence-corrected chi connectivity index (χ0v) is 9.41. The summed E-state index contributed by atoms with van der Waals surface area (Å²) < 4.78 is 2.36. The maximum atomic E-state index is 3.38. The van der Waals surface area contributed by atoms with Gasteiger partial charge >= 0.3 is 0 Å². The number of rotatable bonds is 4. The molecule has 0 aromatic heterocycles. The Balaban J connectivity index is 0. The quantitative estimate of drug-likeness (QED) is 0.324. The van der Waals surface area contributed by atoms with Gasteiger partial charge in [0.1, 0.15) is 0 Å². The van der Waals surface area contributed by atoms with E-state index in [1.165, 1.54) is 5.84 Å². The minimum atomic E-state index is 0. The molecule has 0 rings (SSSR count). The summed E-state index contributed by atoms with van der Waals surface area (Å²) in [5, 5.41) is 3.38. The first-order chi connectivity index (χ1) is 5.29. The highest BCUT2D eigenvalue weighted by molar-refractivity contribution is 5.76. The second-order valence-corrected chi connectivity index (χ2v) is 2.50.